The van der Waals surface area contributed by atoms with E-state index in [9.17, 15) is 14.4 Å². The van der Waals surface area contributed by atoms with Crippen LogP contribution < -0.4 is 5.32 Å². The molecule has 0 saturated carbocycles. The number of amides is 3. The zero-order valence-corrected chi connectivity index (χ0v) is 18.5. The van der Waals surface area contributed by atoms with Gasteiger partial charge in [-0.25, -0.2) is 9.59 Å². The largest absolute Gasteiger partial charge is 0.445 e. The minimum Gasteiger partial charge on any atom is -0.445 e. The van der Waals surface area contributed by atoms with Crippen LogP contribution in [0.4, 0.5) is 9.59 Å². The first-order valence-electron chi connectivity index (χ1n) is 10.3. The fourth-order valence-corrected chi connectivity index (χ4v) is 3.06. The molecule has 3 amide bonds. The average Bonchev–Trinajstić information content (AvgIpc) is 2.69. The summed E-state index contributed by atoms with van der Waals surface area (Å²) in [7, 11) is 0. The predicted molar refractivity (Wildman–Crippen MR) is 113 cm³/mol. The molecule has 2 rings (SSSR count). The summed E-state index contributed by atoms with van der Waals surface area (Å²) in [4.78, 5) is 40.6. The molecule has 0 radical (unpaired) electrons. The Morgan fingerprint density at radius 3 is 2.10 bits per heavy atom. The van der Waals surface area contributed by atoms with Crippen LogP contribution in [0.3, 0.4) is 0 Å². The maximum Gasteiger partial charge on any atom is 0.410 e. The van der Waals surface area contributed by atoms with Crippen molar-refractivity contribution in [1.82, 2.24) is 15.1 Å². The Morgan fingerprint density at radius 2 is 1.57 bits per heavy atom. The van der Waals surface area contributed by atoms with Crippen molar-refractivity contribution in [3.05, 3.63) is 35.9 Å². The molecule has 30 heavy (non-hydrogen) atoms. The van der Waals surface area contributed by atoms with Crippen LogP contribution in [0.15, 0.2) is 30.3 Å². The first-order valence-corrected chi connectivity index (χ1v) is 10.3. The number of piperazine rings is 1. The van der Waals surface area contributed by atoms with Gasteiger partial charge in [-0.3, -0.25) is 4.79 Å². The summed E-state index contributed by atoms with van der Waals surface area (Å²) in [6.07, 6.45) is -1.00. The summed E-state index contributed by atoms with van der Waals surface area (Å²) in [5, 5.41) is 2.68. The van der Waals surface area contributed by atoms with Crippen LogP contribution in [0.2, 0.25) is 0 Å². The lowest BCUT2D eigenvalue weighted by Gasteiger charge is -2.36. The van der Waals surface area contributed by atoms with E-state index < -0.39 is 23.8 Å². The van der Waals surface area contributed by atoms with Crippen molar-refractivity contribution in [3.8, 4) is 0 Å². The highest BCUT2D eigenvalue weighted by Crippen LogP contribution is 2.13. The first-order chi connectivity index (χ1) is 14.1. The van der Waals surface area contributed by atoms with E-state index in [1.54, 1.807) is 30.6 Å². The zero-order chi connectivity index (χ0) is 22.3. The number of alkyl carbamates (subject to hydrolysis) is 1. The third kappa shape index (κ3) is 7.24. The molecule has 1 heterocycles. The molecule has 0 spiro atoms. The van der Waals surface area contributed by atoms with Gasteiger partial charge in [0.1, 0.15) is 18.2 Å². The summed E-state index contributed by atoms with van der Waals surface area (Å²) in [5.74, 6) is -0.271. The van der Waals surface area contributed by atoms with Crippen molar-refractivity contribution in [3.63, 3.8) is 0 Å². The molecule has 1 saturated heterocycles. The first kappa shape index (κ1) is 23.5. The highest BCUT2D eigenvalue weighted by atomic mass is 16.6. The molecule has 8 heteroatoms. The van der Waals surface area contributed by atoms with Gasteiger partial charge in [-0.05, 0) is 32.3 Å². The van der Waals surface area contributed by atoms with Crippen LogP contribution in [-0.4, -0.2) is 65.7 Å². The van der Waals surface area contributed by atoms with Gasteiger partial charge in [-0.1, -0.05) is 44.2 Å². The van der Waals surface area contributed by atoms with E-state index >= 15 is 0 Å². The molecule has 1 aromatic rings. The maximum absolute atomic E-state index is 12.9. The number of rotatable bonds is 5. The normalized spacial score (nSPS) is 15.5. The Morgan fingerprint density at radius 1 is 1.00 bits per heavy atom. The van der Waals surface area contributed by atoms with Crippen molar-refractivity contribution in [1.29, 1.82) is 0 Å². The quantitative estimate of drug-likeness (QED) is 0.793. The summed E-state index contributed by atoms with van der Waals surface area (Å²) in [6, 6.07) is 8.80. The van der Waals surface area contributed by atoms with Crippen molar-refractivity contribution in [2.75, 3.05) is 26.2 Å². The molecule has 0 bridgehead atoms. The number of carbonyl (C=O) groups excluding carboxylic acids is 3. The number of nitrogens with one attached hydrogen (secondary N) is 1. The molecule has 1 fully saturated rings. The van der Waals surface area contributed by atoms with Crippen LogP contribution in [0, 0.1) is 5.92 Å². The SMILES string of the molecule is CC(C)[C@H](NC(=O)OC(C)(C)C)C(=O)N1CCN(C(=O)OCc2ccccc2)CC1. The second-order valence-corrected chi connectivity index (χ2v) is 8.72. The molecular weight excluding hydrogens is 386 g/mol. The third-order valence-corrected chi connectivity index (χ3v) is 4.66. The maximum atomic E-state index is 12.9. The van der Waals surface area contributed by atoms with Crippen LogP contribution in [0.1, 0.15) is 40.2 Å². The van der Waals surface area contributed by atoms with Gasteiger partial charge in [0.15, 0.2) is 0 Å². The van der Waals surface area contributed by atoms with Crippen molar-refractivity contribution < 1.29 is 23.9 Å². The van der Waals surface area contributed by atoms with Gasteiger partial charge < -0.3 is 24.6 Å². The Kier molecular flexibility index (Phi) is 8.08. The predicted octanol–water partition coefficient (Wildman–Crippen LogP) is 3.02. The Bertz CT molecular complexity index is 722. The minimum absolute atomic E-state index is 0.0983. The molecule has 8 nitrogen and oxygen atoms in total. The van der Waals surface area contributed by atoms with Crippen LogP contribution in [0.25, 0.3) is 0 Å². The second kappa shape index (κ2) is 10.3. The summed E-state index contributed by atoms with van der Waals surface area (Å²) in [5.41, 5.74) is 0.285. The molecule has 1 aliphatic rings. The van der Waals surface area contributed by atoms with Crippen LogP contribution in [-0.2, 0) is 20.9 Å². The molecule has 1 atom stereocenters. The lowest BCUT2D eigenvalue weighted by atomic mass is 10.0. The van der Waals surface area contributed by atoms with Gasteiger partial charge in [0, 0.05) is 26.2 Å². The van der Waals surface area contributed by atoms with Gasteiger partial charge >= 0.3 is 12.2 Å². The number of carbonyl (C=O) groups is 3. The standard InChI is InChI=1S/C22H33N3O5/c1-16(2)18(23-20(27)30-22(3,4)5)19(26)24-11-13-25(14-12-24)21(28)29-15-17-9-7-6-8-10-17/h6-10,16,18H,11-15H2,1-5H3,(H,23,27)/t18-/m0/s1. The molecule has 0 unspecified atom stereocenters. The Balaban J connectivity index is 1.85. The summed E-state index contributed by atoms with van der Waals surface area (Å²) >= 11 is 0. The number of nitrogens with zero attached hydrogens (tertiary/aromatic N) is 2. The smallest absolute Gasteiger partial charge is 0.410 e. The monoisotopic (exact) mass is 419 g/mol. The van der Waals surface area contributed by atoms with E-state index in [4.69, 9.17) is 9.47 Å². The topological polar surface area (TPSA) is 88.2 Å². The van der Waals surface area contributed by atoms with Crippen molar-refractivity contribution in [2.24, 2.45) is 5.92 Å². The van der Waals surface area contributed by atoms with Gasteiger partial charge in [-0.15, -0.1) is 0 Å². The van der Waals surface area contributed by atoms with Gasteiger partial charge in [0.05, 0.1) is 0 Å². The van der Waals surface area contributed by atoms with Crippen LogP contribution in [0.5, 0.6) is 0 Å². The van der Waals surface area contributed by atoms with Crippen molar-refractivity contribution in [2.45, 2.75) is 52.9 Å². The fourth-order valence-electron chi connectivity index (χ4n) is 3.06. The lowest BCUT2D eigenvalue weighted by molar-refractivity contribution is -0.136. The highest BCUT2D eigenvalue weighted by Gasteiger charge is 2.33. The minimum atomic E-state index is -0.684. The van der Waals surface area contributed by atoms with E-state index in [0.29, 0.717) is 26.2 Å². The van der Waals surface area contributed by atoms with Gasteiger partial charge in [-0.2, -0.15) is 0 Å². The van der Waals surface area contributed by atoms with Crippen molar-refractivity contribution >= 4 is 18.1 Å². The summed E-state index contributed by atoms with van der Waals surface area (Å²) < 4.78 is 10.6. The Labute approximate surface area is 178 Å². The molecule has 0 aliphatic carbocycles. The van der Waals surface area contributed by atoms with E-state index in [1.165, 1.54) is 0 Å². The number of hydrogen-bond acceptors (Lipinski definition) is 5. The Hall–Kier alpha value is -2.77. The number of hydrogen-bond donors (Lipinski definition) is 1. The average molecular weight is 420 g/mol. The van der Waals surface area contributed by atoms with Gasteiger partial charge in [0.2, 0.25) is 5.91 Å². The number of ether oxygens (including phenoxy) is 2. The molecule has 0 aromatic heterocycles. The zero-order valence-electron chi connectivity index (χ0n) is 18.5. The molecule has 166 valence electrons. The number of benzene rings is 1. The van der Waals surface area contributed by atoms with Crippen LogP contribution >= 0.6 is 0 Å². The molecule has 1 N–H and O–H groups in total. The van der Waals surface area contributed by atoms with E-state index in [1.807, 2.05) is 44.2 Å². The van der Waals surface area contributed by atoms with E-state index in [0.717, 1.165) is 5.56 Å². The highest BCUT2D eigenvalue weighted by molar-refractivity contribution is 5.86. The third-order valence-electron chi connectivity index (χ3n) is 4.66. The van der Waals surface area contributed by atoms with Gasteiger partial charge in [0.25, 0.3) is 0 Å². The van der Waals surface area contributed by atoms with E-state index in [-0.39, 0.29) is 18.4 Å². The molecule has 1 aliphatic heterocycles. The van der Waals surface area contributed by atoms with E-state index in [2.05, 4.69) is 5.32 Å². The lowest BCUT2D eigenvalue weighted by Crippen LogP contribution is -2.57. The second-order valence-electron chi connectivity index (χ2n) is 8.72. The summed E-state index contributed by atoms with van der Waals surface area (Å²) in [6.45, 7) is 10.8. The fraction of sp³-hybridized carbons (Fsp3) is 0.591. The molecular formula is C22H33N3O5. The molecule has 1 aromatic carbocycles.